The highest BCUT2D eigenvalue weighted by molar-refractivity contribution is 5.96. The summed E-state index contributed by atoms with van der Waals surface area (Å²) < 4.78 is 34.7. The highest BCUT2D eigenvalue weighted by Gasteiger charge is 2.53. The maximum absolute atomic E-state index is 14.4. The number of benzene rings is 3. The number of rotatable bonds is 15. The fourth-order valence-electron chi connectivity index (χ4n) is 7.37. The van der Waals surface area contributed by atoms with Crippen LogP contribution in [0.3, 0.4) is 0 Å². The maximum Gasteiger partial charge on any atom is 0.249 e. The first-order valence-corrected chi connectivity index (χ1v) is 17.5. The minimum Gasteiger partial charge on any atom is -0.489 e. The van der Waals surface area contributed by atoms with Crippen molar-refractivity contribution in [3.8, 4) is 5.75 Å². The molecule has 0 bridgehead atoms. The molecule has 0 unspecified atom stereocenters. The van der Waals surface area contributed by atoms with E-state index in [2.05, 4.69) is 16.0 Å². The summed E-state index contributed by atoms with van der Waals surface area (Å²) in [7, 11) is 0. The van der Waals surface area contributed by atoms with Gasteiger partial charge >= 0.3 is 0 Å². The number of aryl methyl sites for hydroxylation is 1. The van der Waals surface area contributed by atoms with Gasteiger partial charge in [-0.1, -0.05) is 68.8 Å². The van der Waals surface area contributed by atoms with Gasteiger partial charge in [-0.2, -0.15) is 0 Å². The summed E-state index contributed by atoms with van der Waals surface area (Å²) in [6.07, 6.45) is 0.707. The predicted octanol–water partition coefficient (Wildman–Crippen LogP) is 4.32. The molecular formula is C39H48F2N4O5. The zero-order valence-corrected chi connectivity index (χ0v) is 28.9. The van der Waals surface area contributed by atoms with Gasteiger partial charge in [0.15, 0.2) is 0 Å². The minimum atomic E-state index is -1.17. The highest BCUT2D eigenvalue weighted by Crippen LogP contribution is 2.35. The highest BCUT2D eigenvalue weighted by atomic mass is 19.1. The molecule has 0 spiro atoms. The smallest absolute Gasteiger partial charge is 0.249 e. The number of aliphatic hydroxyl groups is 1. The van der Waals surface area contributed by atoms with Crippen molar-refractivity contribution in [2.24, 2.45) is 5.92 Å². The molecule has 4 N–H and O–H groups in total. The third-order valence-corrected chi connectivity index (χ3v) is 10.2. The molecule has 0 radical (unpaired) electrons. The molecule has 2 fully saturated rings. The Morgan fingerprint density at radius 1 is 1.04 bits per heavy atom. The lowest BCUT2D eigenvalue weighted by molar-refractivity contribution is -0.144. The number of ether oxygens (including phenoxy) is 1. The molecule has 5 rings (SSSR count). The number of hydrogen-bond acceptors (Lipinski definition) is 6. The molecule has 50 heavy (non-hydrogen) atoms. The summed E-state index contributed by atoms with van der Waals surface area (Å²) in [5.74, 6) is -2.16. The summed E-state index contributed by atoms with van der Waals surface area (Å²) in [4.78, 5) is 42.6. The molecule has 3 aromatic carbocycles. The normalized spacial score (nSPS) is 22.8. The van der Waals surface area contributed by atoms with Gasteiger partial charge < -0.3 is 30.7 Å². The first kappa shape index (κ1) is 36.9. The van der Waals surface area contributed by atoms with Gasteiger partial charge in [0.2, 0.25) is 17.7 Å². The van der Waals surface area contributed by atoms with Gasteiger partial charge in [0.1, 0.15) is 35.1 Å². The second-order valence-electron chi connectivity index (χ2n) is 13.6. The molecule has 11 heteroatoms. The molecular weight excluding hydrogens is 642 g/mol. The summed E-state index contributed by atoms with van der Waals surface area (Å²) >= 11 is 0. The molecule has 268 valence electrons. The number of halogens is 2. The van der Waals surface area contributed by atoms with Crippen LogP contribution in [0, 0.1) is 17.6 Å². The largest absolute Gasteiger partial charge is 0.489 e. The van der Waals surface area contributed by atoms with Crippen LogP contribution >= 0.6 is 0 Å². The number of para-hydroxylation sites is 1. The maximum atomic E-state index is 14.4. The summed E-state index contributed by atoms with van der Waals surface area (Å²) in [6.45, 7) is 5.96. The Bertz CT molecular complexity index is 1590. The SMILES string of the molecule is CC[C@@H](C)[C@@]1(NC(C)=O)CCN([C@@H](CCc2ccccc2)C(=O)N[C@@H](Cc2cc(F)cc(F)c2)[C@@H](O)[C@H]2C[C@@H](Oc3ccccc3)CN2)C1=O. The van der Waals surface area contributed by atoms with Crippen molar-refractivity contribution >= 4 is 17.7 Å². The Morgan fingerprint density at radius 3 is 2.34 bits per heavy atom. The van der Waals surface area contributed by atoms with Crippen LogP contribution in [0.15, 0.2) is 78.9 Å². The van der Waals surface area contributed by atoms with Gasteiger partial charge in [0.25, 0.3) is 0 Å². The fraction of sp³-hybridized carbons (Fsp3) is 0.462. The predicted molar refractivity (Wildman–Crippen MR) is 186 cm³/mol. The lowest BCUT2D eigenvalue weighted by Gasteiger charge is -2.36. The number of carbonyl (C=O) groups excluding carboxylic acids is 3. The van der Waals surface area contributed by atoms with Crippen LogP contribution in [0.1, 0.15) is 57.6 Å². The molecule has 0 aliphatic carbocycles. The van der Waals surface area contributed by atoms with Crippen molar-refractivity contribution in [1.29, 1.82) is 0 Å². The van der Waals surface area contributed by atoms with Crippen LogP contribution in [0.25, 0.3) is 0 Å². The minimum absolute atomic E-state index is 0.0635. The Balaban J connectivity index is 1.41. The van der Waals surface area contributed by atoms with Crippen molar-refractivity contribution in [3.05, 3.63) is 102 Å². The second kappa shape index (κ2) is 16.6. The van der Waals surface area contributed by atoms with Crippen molar-refractivity contribution in [3.63, 3.8) is 0 Å². The number of nitrogens with one attached hydrogen (secondary N) is 3. The molecule has 9 nitrogen and oxygen atoms in total. The van der Waals surface area contributed by atoms with Gasteiger partial charge in [0, 0.05) is 38.5 Å². The Morgan fingerprint density at radius 2 is 1.70 bits per heavy atom. The third kappa shape index (κ3) is 8.86. The Labute approximate surface area is 292 Å². The average Bonchev–Trinajstić information content (AvgIpc) is 3.68. The summed E-state index contributed by atoms with van der Waals surface area (Å²) in [6, 6.07) is 19.7. The van der Waals surface area contributed by atoms with Crippen LogP contribution in [0.4, 0.5) is 8.78 Å². The van der Waals surface area contributed by atoms with Gasteiger partial charge in [-0.05, 0) is 67.0 Å². The van der Waals surface area contributed by atoms with E-state index in [1.54, 1.807) is 4.90 Å². The van der Waals surface area contributed by atoms with Gasteiger partial charge in [-0.3, -0.25) is 14.4 Å². The fourth-order valence-corrected chi connectivity index (χ4v) is 7.37. The first-order chi connectivity index (χ1) is 24.0. The van der Waals surface area contributed by atoms with Crippen LogP contribution in [-0.2, 0) is 27.2 Å². The Kier molecular flexibility index (Phi) is 12.2. The molecule has 2 saturated heterocycles. The number of aliphatic hydroxyl groups excluding tert-OH is 1. The van der Waals surface area contributed by atoms with E-state index >= 15 is 0 Å². The number of hydrogen-bond donors (Lipinski definition) is 4. The molecule has 3 aromatic rings. The van der Waals surface area contributed by atoms with Crippen molar-refractivity contribution in [2.75, 3.05) is 13.1 Å². The Hall–Kier alpha value is -4.35. The van der Waals surface area contributed by atoms with E-state index in [4.69, 9.17) is 4.74 Å². The van der Waals surface area contributed by atoms with E-state index < -0.39 is 47.3 Å². The number of likely N-dealkylation sites (tertiary alicyclic amines) is 1. The van der Waals surface area contributed by atoms with Gasteiger partial charge in [0.05, 0.1) is 12.1 Å². The molecule has 2 heterocycles. The molecule has 2 aliphatic rings. The van der Waals surface area contributed by atoms with E-state index in [1.807, 2.05) is 74.5 Å². The van der Waals surface area contributed by atoms with Gasteiger partial charge in [-0.15, -0.1) is 0 Å². The number of amides is 3. The number of carbonyl (C=O) groups is 3. The van der Waals surface area contributed by atoms with E-state index in [0.29, 0.717) is 38.0 Å². The number of nitrogens with zero attached hydrogens (tertiary/aromatic N) is 1. The molecule has 0 aromatic heterocycles. The second-order valence-corrected chi connectivity index (χ2v) is 13.6. The topological polar surface area (TPSA) is 120 Å². The molecule has 0 saturated carbocycles. The zero-order valence-electron chi connectivity index (χ0n) is 28.9. The van der Waals surface area contributed by atoms with Crippen LogP contribution in [0.5, 0.6) is 5.75 Å². The first-order valence-electron chi connectivity index (χ1n) is 17.5. The van der Waals surface area contributed by atoms with E-state index in [-0.39, 0.29) is 48.8 Å². The summed E-state index contributed by atoms with van der Waals surface area (Å²) in [5.41, 5.74) is 0.102. The lowest BCUT2D eigenvalue weighted by Crippen LogP contribution is -2.61. The lowest BCUT2D eigenvalue weighted by atomic mass is 9.81. The van der Waals surface area contributed by atoms with Crippen LogP contribution < -0.4 is 20.7 Å². The summed E-state index contributed by atoms with van der Waals surface area (Å²) in [5, 5.41) is 21.0. The average molecular weight is 691 g/mol. The monoisotopic (exact) mass is 690 g/mol. The van der Waals surface area contributed by atoms with E-state index in [0.717, 1.165) is 11.6 Å². The van der Waals surface area contributed by atoms with Crippen LogP contribution in [0.2, 0.25) is 0 Å². The van der Waals surface area contributed by atoms with Crippen molar-refractivity contribution in [1.82, 2.24) is 20.9 Å². The van der Waals surface area contributed by atoms with Crippen molar-refractivity contribution in [2.45, 2.75) is 95.2 Å². The van der Waals surface area contributed by atoms with Gasteiger partial charge in [-0.25, -0.2) is 8.78 Å². The molecule has 2 aliphatic heterocycles. The zero-order chi connectivity index (χ0) is 35.8. The van der Waals surface area contributed by atoms with E-state index in [9.17, 15) is 28.3 Å². The van der Waals surface area contributed by atoms with Crippen molar-refractivity contribution < 1.29 is 33.0 Å². The van der Waals surface area contributed by atoms with E-state index in [1.165, 1.54) is 19.1 Å². The standard InChI is InChI=1S/C39H48F2N4O5/c1-4-25(2)39(44-26(3)46)17-18-45(38(39)49)35(16-15-27-11-7-5-8-12-27)37(48)43-34(21-28-19-29(40)22-30(41)20-28)36(47)33-23-32(24-42-33)50-31-13-9-6-10-14-31/h5-14,19-20,22,25,32-36,42,47H,4,15-18,21,23-24H2,1-3H3,(H,43,48)(H,44,46)/t25-,32-,33-,34+,35+,36+,39+/m1/s1. The third-order valence-electron chi connectivity index (χ3n) is 10.2. The molecule has 3 amide bonds. The van der Waals surface area contributed by atoms with Crippen LogP contribution in [-0.4, -0.2) is 76.7 Å². The quantitative estimate of drug-likeness (QED) is 0.189. The molecule has 7 atom stereocenters.